The molecule has 5 heteroatoms. The largest absolute Gasteiger partial charge is 0.354 e. The fourth-order valence-corrected chi connectivity index (χ4v) is 2.23. The fourth-order valence-electron chi connectivity index (χ4n) is 2.23. The standard InChI is InChI=1S/C19H16FN3O/c20-17-9-5-4-6-14(17)12-19(24)23-18-11-10-16(13-21-18)22-15-7-2-1-3-8-15/h1-11,13,22H,12H2,(H,21,23,24). The van der Waals surface area contributed by atoms with E-state index in [1.54, 1.807) is 30.5 Å². The summed E-state index contributed by atoms with van der Waals surface area (Å²) in [5.41, 5.74) is 2.13. The van der Waals surface area contributed by atoms with Crippen LogP contribution < -0.4 is 10.6 Å². The van der Waals surface area contributed by atoms with Crippen LogP contribution in [0.3, 0.4) is 0 Å². The Morgan fingerprint density at radius 2 is 1.67 bits per heavy atom. The number of nitrogens with one attached hydrogen (secondary N) is 2. The number of carbonyl (C=O) groups is 1. The Labute approximate surface area is 139 Å². The van der Waals surface area contributed by atoms with Crippen LogP contribution in [0.5, 0.6) is 0 Å². The lowest BCUT2D eigenvalue weighted by molar-refractivity contribution is -0.115. The van der Waals surface area contributed by atoms with E-state index < -0.39 is 0 Å². The number of hydrogen-bond acceptors (Lipinski definition) is 3. The molecule has 3 rings (SSSR count). The van der Waals surface area contributed by atoms with Crippen molar-refractivity contribution in [1.82, 2.24) is 4.98 Å². The Morgan fingerprint density at radius 3 is 2.38 bits per heavy atom. The van der Waals surface area contributed by atoms with Crippen molar-refractivity contribution in [3.63, 3.8) is 0 Å². The van der Waals surface area contributed by atoms with Crippen molar-refractivity contribution < 1.29 is 9.18 Å². The summed E-state index contributed by atoms with van der Waals surface area (Å²) >= 11 is 0. The third-order valence-electron chi connectivity index (χ3n) is 3.40. The van der Waals surface area contributed by atoms with Crippen LogP contribution in [-0.4, -0.2) is 10.9 Å². The highest BCUT2D eigenvalue weighted by atomic mass is 19.1. The topological polar surface area (TPSA) is 54.0 Å². The van der Waals surface area contributed by atoms with E-state index in [9.17, 15) is 9.18 Å². The number of hydrogen-bond donors (Lipinski definition) is 2. The highest BCUT2D eigenvalue weighted by Gasteiger charge is 2.08. The number of pyridine rings is 1. The first kappa shape index (κ1) is 15.7. The van der Waals surface area contributed by atoms with Crippen LogP contribution in [0.15, 0.2) is 72.9 Å². The molecule has 2 N–H and O–H groups in total. The predicted molar refractivity (Wildman–Crippen MR) is 92.7 cm³/mol. The molecule has 120 valence electrons. The summed E-state index contributed by atoms with van der Waals surface area (Å²) in [6.45, 7) is 0. The van der Waals surface area contributed by atoms with Crippen LogP contribution in [0.2, 0.25) is 0 Å². The molecule has 0 unspecified atom stereocenters. The van der Waals surface area contributed by atoms with Crippen molar-refractivity contribution in [1.29, 1.82) is 0 Å². The normalized spacial score (nSPS) is 10.2. The van der Waals surface area contributed by atoms with Crippen LogP contribution in [0.25, 0.3) is 0 Å². The molecule has 0 aliphatic rings. The maximum Gasteiger partial charge on any atom is 0.230 e. The highest BCUT2D eigenvalue weighted by molar-refractivity contribution is 5.91. The van der Waals surface area contributed by atoms with Crippen LogP contribution in [0.1, 0.15) is 5.56 Å². The smallest absolute Gasteiger partial charge is 0.230 e. The van der Waals surface area contributed by atoms with Gasteiger partial charge < -0.3 is 10.6 Å². The van der Waals surface area contributed by atoms with Gasteiger partial charge in [-0.25, -0.2) is 9.37 Å². The second kappa shape index (κ2) is 7.37. The van der Waals surface area contributed by atoms with Crippen molar-refractivity contribution in [2.75, 3.05) is 10.6 Å². The van der Waals surface area contributed by atoms with Gasteiger partial charge in [-0.2, -0.15) is 0 Å². The molecule has 0 saturated carbocycles. The van der Waals surface area contributed by atoms with E-state index in [2.05, 4.69) is 15.6 Å². The van der Waals surface area contributed by atoms with Crippen LogP contribution in [0, 0.1) is 5.82 Å². The Hall–Kier alpha value is -3.21. The van der Waals surface area contributed by atoms with E-state index in [1.165, 1.54) is 6.07 Å². The Balaban J connectivity index is 1.60. The molecule has 0 radical (unpaired) electrons. The van der Waals surface area contributed by atoms with Crippen molar-refractivity contribution >= 4 is 23.1 Å². The zero-order chi connectivity index (χ0) is 16.8. The SMILES string of the molecule is O=C(Cc1ccccc1F)Nc1ccc(Nc2ccccc2)cn1. The summed E-state index contributed by atoms with van der Waals surface area (Å²) in [4.78, 5) is 16.2. The minimum Gasteiger partial charge on any atom is -0.354 e. The summed E-state index contributed by atoms with van der Waals surface area (Å²) in [6, 6.07) is 19.5. The van der Waals surface area contributed by atoms with Gasteiger partial charge in [0.1, 0.15) is 11.6 Å². The van der Waals surface area contributed by atoms with E-state index in [0.29, 0.717) is 11.4 Å². The first-order valence-electron chi connectivity index (χ1n) is 7.52. The third-order valence-corrected chi connectivity index (χ3v) is 3.40. The van der Waals surface area contributed by atoms with E-state index in [0.717, 1.165) is 11.4 Å². The second-order valence-corrected chi connectivity index (χ2v) is 5.24. The molecule has 24 heavy (non-hydrogen) atoms. The van der Waals surface area contributed by atoms with E-state index in [-0.39, 0.29) is 18.1 Å². The van der Waals surface area contributed by atoms with Crippen molar-refractivity contribution in [2.45, 2.75) is 6.42 Å². The summed E-state index contributed by atoms with van der Waals surface area (Å²) in [7, 11) is 0. The fraction of sp³-hybridized carbons (Fsp3) is 0.0526. The van der Waals surface area contributed by atoms with E-state index in [1.807, 2.05) is 36.4 Å². The Morgan fingerprint density at radius 1 is 0.917 bits per heavy atom. The number of carbonyl (C=O) groups excluding carboxylic acids is 1. The number of amides is 1. The van der Waals surface area contributed by atoms with Gasteiger partial charge in [0.15, 0.2) is 0 Å². The predicted octanol–water partition coefficient (Wildman–Crippen LogP) is 4.15. The van der Waals surface area contributed by atoms with Gasteiger partial charge in [-0.15, -0.1) is 0 Å². The Kier molecular flexibility index (Phi) is 4.81. The molecule has 1 heterocycles. The van der Waals surface area contributed by atoms with Crippen LogP contribution in [0.4, 0.5) is 21.6 Å². The zero-order valence-corrected chi connectivity index (χ0v) is 12.9. The molecule has 0 aliphatic carbocycles. The van der Waals surface area contributed by atoms with Gasteiger partial charge in [0.25, 0.3) is 0 Å². The summed E-state index contributed by atoms with van der Waals surface area (Å²) in [5, 5.41) is 5.87. The zero-order valence-electron chi connectivity index (χ0n) is 12.9. The number of para-hydroxylation sites is 1. The van der Waals surface area contributed by atoms with Gasteiger partial charge in [0.05, 0.1) is 18.3 Å². The molecule has 4 nitrogen and oxygen atoms in total. The van der Waals surface area contributed by atoms with Gasteiger partial charge in [-0.05, 0) is 35.9 Å². The minimum atomic E-state index is -0.386. The summed E-state index contributed by atoms with van der Waals surface area (Å²) in [5.74, 6) is -0.269. The average Bonchev–Trinajstić information content (AvgIpc) is 2.60. The van der Waals surface area contributed by atoms with Gasteiger partial charge in [-0.1, -0.05) is 36.4 Å². The molecule has 1 aromatic heterocycles. The maximum absolute atomic E-state index is 13.5. The summed E-state index contributed by atoms with van der Waals surface area (Å²) in [6.07, 6.45) is 1.60. The van der Waals surface area contributed by atoms with Gasteiger partial charge in [-0.3, -0.25) is 4.79 Å². The number of nitrogens with zero attached hydrogens (tertiary/aromatic N) is 1. The highest BCUT2D eigenvalue weighted by Crippen LogP contribution is 2.16. The molecule has 0 aliphatic heterocycles. The lowest BCUT2D eigenvalue weighted by atomic mass is 10.1. The number of anilines is 3. The third kappa shape index (κ3) is 4.16. The van der Waals surface area contributed by atoms with Crippen molar-refractivity contribution in [2.24, 2.45) is 0 Å². The molecule has 3 aromatic rings. The van der Waals surface area contributed by atoms with Crippen molar-refractivity contribution in [3.8, 4) is 0 Å². The average molecular weight is 321 g/mol. The van der Waals surface area contributed by atoms with Gasteiger partial charge >= 0.3 is 0 Å². The van der Waals surface area contributed by atoms with Gasteiger partial charge in [0.2, 0.25) is 5.91 Å². The molecule has 0 bridgehead atoms. The first-order chi connectivity index (χ1) is 11.7. The molecule has 0 fully saturated rings. The lowest BCUT2D eigenvalue weighted by Crippen LogP contribution is -2.16. The molecule has 1 amide bonds. The molecular formula is C19H16FN3O. The number of halogens is 1. The van der Waals surface area contributed by atoms with E-state index >= 15 is 0 Å². The van der Waals surface area contributed by atoms with Gasteiger partial charge in [0, 0.05) is 5.69 Å². The lowest BCUT2D eigenvalue weighted by Gasteiger charge is -2.08. The maximum atomic E-state index is 13.5. The number of aromatic nitrogens is 1. The quantitative estimate of drug-likeness (QED) is 0.742. The molecule has 2 aromatic carbocycles. The summed E-state index contributed by atoms with van der Waals surface area (Å²) < 4.78 is 13.5. The monoisotopic (exact) mass is 321 g/mol. The number of rotatable bonds is 5. The minimum absolute atomic E-state index is 0.0294. The molecule has 0 saturated heterocycles. The van der Waals surface area contributed by atoms with Crippen LogP contribution >= 0.6 is 0 Å². The number of benzene rings is 2. The van der Waals surface area contributed by atoms with E-state index in [4.69, 9.17) is 0 Å². The molecular weight excluding hydrogens is 305 g/mol. The Bertz CT molecular complexity index is 820. The molecule has 0 spiro atoms. The second-order valence-electron chi connectivity index (χ2n) is 5.24. The van der Waals surface area contributed by atoms with Crippen molar-refractivity contribution in [3.05, 3.63) is 84.3 Å². The van der Waals surface area contributed by atoms with Crippen LogP contribution in [-0.2, 0) is 11.2 Å². The first-order valence-corrected chi connectivity index (χ1v) is 7.52. The molecule has 0 atom stereocenters.